The van der Waals surface area contributed by atoms with Gasteiger partial charge < -0.3 is 18.9 Å². The normalized spacial score (nSPS) is 18.7. The molecule has 0 spiro atoms. The monoisotopic (exact) mass is 523 g/mol. The van der Waals surface area contributed by atoms with E-state index in [0.717, 1.165) is 49.2 Å². The predicted molar refractivity (Wildman–Crippen MR) is 148 cm³/mol. The Balaban J connectivity index is 1.16. The molecule has 1 atom stereocenters. The van der Waals surface area contributed by atoms with Gasteiger partial charge in [-0.3, -0.25) is 4.90 Å². The standard InChI is InChI=1S/C31H33N5O3/c1-39-30(37)26-9-5-6-23(18-26)20-35-22-28(25-7-3-2-4-8-25)36(31(35)38)27-12-15-33(16-13-27)19-24-10-11-29-32-14-17-34(29)21-24/h2-11,14,17-18,21,27-28H,12-13,15-16,19-20,22H2,1H3. The Morgan fingerprint density at radius 3 is 2.59 bits per heavy atom. The molecule has 4 aromatic rings. The molecule has 2 aliphatic rings. The van der Waals surface area contributed by atoms with Crippen LogP contribution < -0.4 is 0 Å². The fraction of sp³-hybridized carbons (Fsp3) is 0.323. The Labute approximate surface area is 228 Å². The number of carbonyl (C=O) groups excluding carboxylic acids is 2. The van der Waals surface area contributed by atoms with Gasteiger partial charge in [-0.25, -0.2) is 14.6 Å². The summed E-state index contributed by atoms with van der Waals surface area (Å²) < 4.78 is 6.94. The second-order valence-electron chi connectivity index (χ2n) is 10.4. The first-order chi connectivity index (χ1) is 19.1. The molecular weight excluding hydrogens is 490 g/mol. The quantitative estimate of drug-likeness (QED) is 0.327. The van der Waals surface area contributed by atoms with Crippen LogP contribution in [0.5, 0.6) is 0 Å². The summed E-state index contributed by atoms with van der Waals surface area (Å²) in [5.41, 5.74) is 4.80. The van der Waals surface area contributed by atoms with Crippen LogP contribution in [0.25, 0.3) is 5.65 Å². The van der Waals surface area contributed by atoms with E-state index >= 15 is 0 Å². The summed E-state index contributed by atoms with van der Waals surface area (Å²) in [6, 6.07) is 22.2. The van der Waals surface area contributed by atoms with E-state index in [9.17, 15) is 9.59 Å². The molecule has 2 fully saturated rings. The highest BCUT2D eigenvalue weighted by atomic mass is 16.5. The number of pyridine rings is 1. The summed E-state index contributed by atoms with van der Waals surface area (Å²) in [5, 5.41) is 0. The van der Waals surface area contributed by atoms with Crippen molar-refractivity contribution in [1.29, 1.82) is 0 Å². The maximum atomic E-state index is 13.9. The van der Waals surface area contributed by atoms with Crippen molar-refractivity contribution < 1.29 is 14.3 Å². The fourth-order valence-corrected chi connectivity index (χ4v) is 5.96. The van der Waals surface area contributed by atoms with E-state index in [-0.39, 0.29) is 24.1 Å². The molecule has 1 unspecified atom stereocenters. The number of esters is 1. The predicted octanol–water partition coefficient (Wildman–Crippen LogP) is 4.76. The molecule has 6 rings (SSSR count). The number of urea groups is 1. The molecule has 0 bridgehead atoms. The van der Waals surface area contributed by atoms with E-state index < -0.39 is 0 Å². The van der Waals surface area contributed by atoms with Crippen molar-refractivity contribution in [3.63, 3.8) is 0 Å². The lowest BCUT2D eigenvalue weighted by Gasteiger charge is -2.39. The topological polar surface area (TPSA) is 70.4 Å². The van der Waals surface area contributed by atoms with Gasteiger partial charge in [-0.2, -0.15) is 0 Å². The Morgan fingerprint density at radius 2 is 1.79 bits per heavy atom. The van der Waals surface area contributed by atoms with E-state index in [1.165, 1.54) is 12.7 Å². The number of piperidine rings is 1. The van der Waals surface area contributed by atoms with Gasteiger partial charge in [-0.15, -0.1) is 0 Å². The number of amides is 2. The Morgan fingerprint density at radius 1 is 0.974 bits per heavy atom. The number of rotatable bonds is 7. The number of benzene rings is 2. The van der Waals surface area contributed by atoms with Crippen LogP contribution in [0.15, 0.2) is 85.3 Å². The van der Waals surface area contributed by atoms with Gasteiger partial charge in [-0.05, 0) is 47.7 Å². The van der Waals surface area contributed by atoms with Gasteiger partial charge in [0, 0.05) is 57.4 Å². The van der Waals surface area contributed by atoms with Crippen LogP contribution in [0.4, 0.5) is 4.79 Å². The summed E-state index contributed by atoms with van der Waals surface area (Å²) in [6.45, 7) is 3.85. The fourth-order valence-electron chi connectivity index (χ4n) is 5.96. The van der Waals surface area contributed by atoms with Crippen molar-refractivity contribution in [2.24, 2.45) is 0 Å². The number of methoxy groups -OCH3 is 1. The van der Waals surface area contributed by atoms with Gasteiger partial charge in [0.05, 0.1) is 18.7 Å². The van der Waals surface area contributed by atoms with E-state index in [1.807, 2.05) is 53.7 Å². The zero-order valence-corrected chi connectivity index (χ0v) is 22.1. The van der Waals surface area contributed by atoms with Crippen molar-refractivity contribution in [1.82, 2.24) is 24.1 Å². The van der Waals surface area contributed by atoms with Crippen LogP contribution in [0, 0.1) is 0 Å². The third-order valence-corrected chi connectivity index (χ3v) is 7.93. The highest BCUT2D eigenvalue weighted by Gasteiger charge is 2.42. The first-order valence-corrected chi connectivity index (χ1v) is 13.5. The Hall–Kier alpha value is -4.17. The molecule has 8 heteroatoms. The second-order valence-corrected chi connectivity index (χ2v) is 10.4. The molecule has 2 aliphatic heterocycles. The Bertz CT molecular complexity index is 1460. The summed E-state index contributed by atoms with van der Waals surface area (Å²) >= 11 is 0. The van der Waals surface area contributed by atoms with Gasteiger partial charge in [-0.1, -0.05) is 48.5 Å². The molecule has 0 radical (unpaired) electrons. The van der Waals surface area contributed by atoms with Gasteiger partial charge in [0.1, 0.15) is 5.65 Å². The number of ether oxygens (including phenoxy) is 1. The maximum Gasteiger partial charge on any atom is 0.337 e. The number of likely N-dealkylation sites (tertiary alicyclic amines) is 1. The van der Waals surface area contributed by atoms with Crippen LogP contribution in [-0.4, -0.2) is 68.9 Å². The van der Waals surface area contributed by atoms with Crippen molar-refractivity contribution in [3.05, 3.63) is 108 Å². The number of hydrogen-bond donors (Lipinski definition) is 0. The number of hydrogen-bond acceptors (Lipinski definition) is 5. The molecule has 2 aromatic heterocycles. The van der Waals surface area contributed by atoms with Crippen LogP contribution >= 0.6 is 0 Å². The van der Waals surface area contributed by atoms with E-state index in [2.05, 4.69) is 49.6 Å². The van der Waals surface area contributed by atoms with Crippen LogP contribution in [0.2, 0.25) is 0 Å². The smallest absolute Gasteiger partial charge is 0.337 e. The number of imidazole rings is 1. The molecule has 200 valence electrons. The lowest BCUT2D eigenvalue weighted by Crippen LogP contribution is -2.47. The second kappa shape index (κ2) is 10.9. The molecular formula is C31H33N5O3. The summed E-state index contributed by atoms with van der Waals surface area (Å²) in [4.78, 5) is 36.8. The molecule has 39 heavy (non-hydrogen) atoms. The molecule has 2 saturated heterocycles. The Kier molecular flexibility index (Phi) is 7.02. The zero-order valence-electron chi connectivity index (χ0n) is 22.1. The first kappa shape index (κ1) is 25.1. The maximum absolute atomic E-state index is 13.9. The lowest BCUT2D eigenvalue weighted by molar-refractivity contribution is 0.0600. The third kappa shape index (κ3) is 5.25. The summed E-state index contributed by atoms with van der Waals surface area (Å²) in [7, 11) is 1.38. The highest BCUT2D eigenvalue weighted by Crippen LogP contribution is 2.35. The molecule has 0 aliphatic carbocycles. The molecule has 0 saturated carbocycles. The highest BCUT2D eigenvalue weighted by molar-refractivity contribution is 5.89. The van der Waals surface area contributed by atoms with E-state index in [0.29, 0.717) is 18.7 Å². The summed E-state index contributed by atoms with van der Waals surface area (Å²) in [5.74, 6) is -0.370. The van der Waals surface area contributed by atoms with Crippen molar-refractivity contribution in [2.45, 2.75) is 38.0 Å². The molecule has 0 N–H and O–H groups in total. The zero-order chi connectivity index (χ0) is 26.8. The van der Waals surface area contributed by atoms with E-state index in [4.69, 9.17) is 4.74 Å². The van der Waals surface area contributed by atoms with Gasteiger partial charge in [0.2, 0.25) is 0 Å². The number of nitrogens with zero attached hydrogens (tertiary/aromatic N) is 5. The van der Waals surface area contributed by atoms with Gasteiger partial charge in [0.15, 0.2) is 0 Å². The molecule has 2 amide bonds. The van der Waals surface area contributed by atoms with Crippen molar-refractivity contribution >= 4 is 17.6 Å². The van der Waals surface area contributed by atoms with Crippen molar-refractivity contribution in [3.8, 4) is 0 Å². The van der Waals surface area contributed by atoms with Crippen LogP contribution in [0.1, 0.15) is 45.9 Å². The average molecular weight is 524 g/mol. The minimum absolute atomic E-state index is 0.00249. The lowest BCUT2D eigenvalue weighted by atomic mass is 9.99. The van der Waals surface area contributed by atoms with Crippen molar-refractivity contribution in [2.75, 3.05) is 26.7 Å². The third-order valence-electron chi connectivity index (χ3n) is 7.93. The molecule has 8 nitrogen and oxygen atoms in total. The van der Waals surface area contributed by atoms with Gasteiger partial charge >= 0.3 is 12.0 Å². The van der Waals surface area contributed by atoms with Gasteiger partial charge in [0.25, 0.3) is 0 Å². The van der Waals surface area contributed by atoms with E-state index in [1.54, 1.807) is 6.07 Å². The minimum atomic E-state index is -0.370. The van der Waals surface area contributed by atoms with Crippen LogP contribution in [-0.2, 0) is 17.8 Å². The number of aromatic nitrogens is 2. The minimum Gasteiger partial charge on any atom is -0.465 e. The number of fused-ring (bicyclic) bond motifs is 1. The first-order valence-electron chi connectivity index (χ1n) is 13.5. The average Bonchev–Trinajstić information content (AvgIpc) is 3.57. The molecule has 2 aromatic carbocycles. The largest absolute Gasteiger partial charge is 0.465 e. The SMILES string of the molecule is COC(=O)c1cccc(CN2CC(c3ccccc3)N(C3CCN(Cc4ccc5nccn5c4)CC3)C2=O)c1. The molecule has 4 heterocycles. The number of carbonyl (C=O) groups is 2. The summed E-state index contributed by atoms with van der Waals surface area (Å²) in [6.07, 6.45) is 7.82. The van der Waals surface area contributed by atoms with Crippen LogP contribution in [0.3, 0.4) is 0 Å².